The number of aliphatic carboxylic acids is 1. The number of nitrogens with zero attached hydrogens (tertiary/aromatic N) is 2. The third kappa shape index (κ3) is 2.20. The molecule has 0 spiro atoms. The Labute approximate surface area is 100 Å². The van der Waals surface area contributed by atoms with Crippen LogP contribution in [0.2, 0.25) is 0 Å². The van der Waals surface area contributed by atoms with E-state index >= 15 is 0 Å². The molecule has 0 bridgehead atoms. The quantitative estimate of drug-likeness (QED) is 0.866. The predicted molar refractivity (Wildman–Crippen MR) is 61.6 cm³/mol. The number of rotatable bonds is 3. The van der Waals surface area contributed by atoms with Gasteiger partial charge in [-0.3, -0.25) is 9.69 Å². The summed E-state index contributed by atoms with van der Waals surface area (Å²) >= 11 is 0. The van der Waals surface area contributed by atoms with Crippen LogP contribution in [0.4, 0.5) is 0 Å². The number of carboxylic acid groups (broad SMARTS) is 1. The lowest BCUT2D eigenvalue weighted by atomic mass is 9.90. The van der Waals surface area contributed by atoms with Crippen LogP contribution in [0.5, 0.6) is 0 Å². The topological polar surface area (TPSA) is 66.6 Å². The smallest absolute Gasteiger partial charge is 0.310 e. The van der Waals surface area contributed by atoms with E-state index in [-0.39, 0.29) is 0 Å². The van der Waals surface area contributed by atoms with E-state index in [1.54, 1.807) is 0 Å². The monoisotopic (exact) mass is 238 g/mol. The molecule has 0 radical (unpaired) electrons. The first-order chi connectivity index (χ1) is 7.92. The lowest BCUT2D eigenvalue weighted by Gasteiger charge is -2.19. The van der Waals surface area contributed by atoms with Crippen LogP contribution in [-0.4, -0.2) is 34.2 Å². The highest BCUT2D eigenvalue weighted by atomic mass is 16.5. The number of hydrogen-bond donors (Lipinski definition) is 1. The number of carboxylic acids is 1. The van der Waals surface area contributed by atoms with Crippen molar-refractivity contribution in [3.05, 3.63) is 17.0 Å². The predicted octanol–water partition coefficient (Wildman–Crippen LogP) is 1.59. The van der Waals surface area contributed by atoms with Crippen LogP contribution >= 0.6 is 0 Å². The third-order valence-corrected chi connectivity index (χ3v) is 3.63. The van der Waals surface area contributed by atoms with Gasteiger partial charge in [0.05, 0.1) is 11.1 Å². The normalized spacial score (nSPS) is 25.4. The van der Waals surface area contributed by atoms with Crippen molar-refractivity contribution in [2.75, 3.05) is 13.1 Å². The van der Waals surface area contributed by atoms with Gasteiger partial charge in [-0.05, 0) is 33.7 Å². The van der Waals surface area contributed by atoms with Gasteiger partial charge >= 0.3 is 5.97 Å². The Bertz CT molecular complexity index is 421. The fourth-order valence-electron chi connectivity index (χ4n) is 2.32. The van der Waals surface area contributed by atoms with Crippen molar-refractivity contribution in [3.63, 3.8) is 0 Å². The molecule has 1 aromatic heterocycles. The molecule has 1 fully saturated rings. The summed E-state index contributed by atoms with van der Waals surface area (Å²) in [5.41, 5.74) is 1.37. The van der Waals surface area contributed by atoms with Crippen molar-refractivity contribution < 1.29 is 14.4 Å². The van der Waals surface area contributed by atoms with Crippen LogP contribution in [0.3, 0.4) is 0 Å². The Kier molecular flexibility index (Phi) is 2.95. The molecule has 2 rings (SSSR count). The van der Waals surface area contributed by atoms with Gasteiger partial charge in [0.2, 0.25) is 0 Å². The fraction of sp³-hybridized carbons (Fsp3) is 0.667. The summed E-state index contributed by atoms with van der Waals surface area (Å²) in [6.07, 6.45) is 0.700. The van der Waals surface area contributed by atoms with E-state index in [0.29, 0.717) is 13.0 Å². The largest absolute Gasteiger partial charge is 0.481 e. The zero-order chi connectivity index (χ0) is 12.6. The first-order valence-electron chi connectivity index (χ1n) is 5.80. The average molecular weight is 238 g/mol. The molecule has 0 aliphatic carbocycles. The first kappa shape index (κ1) is 12.1. The Morgan fingerprint density at radius 2 is 2.29 bits per heavy atom. The van der Waals surface area contributed by atoms with Crippen molar-refractivity contribution in [1.82, 2.24) is 10.1 Å². The molecule has 5 heteroatoms. The number of aryl methyl sites for hydroxylation is 2. The van der Waals surface area contributed by atoms with Gasteiger partial charge in [-0.2, -0.15) is 0 Å². The molecule has 0 aromatic carbocycles. The van der Waals surface area contributed by atoms with Gasteiger partial charge in [0.1, 0.15) is 5.76 Å². The first-order valence-corrected chi connectivity index (χ1v) is 5.80. The van der Waals surface area contributed by atoms with Crippen LogP contribution in [0.25, 0.3) is 0 Å². The molecule has 1 aliphatic rings. The summed E-state index contributed by atoms with van der Waals surface area (Å²) in [7, 11) is 0. The van der Waals surface area contributed by atoms with Gasteiger partial charge in [0.25, 0.3) is 0 Å². The van der Waals surface area contributed by atoms with Gasteiger partial charge in [-0.15, -0.1) is 0 Å². The minimum Gasteiger partial charge on any atom is -0.481 e. The van der Waals surface area contributed by atoms with Crippen LogP contribution in [0.15, 0.2) is 4.52 Å². The summed E-state index contributed by atoms with van der Waals surface area (Å²) in [6.45, 7) is 7.74. The fourth-order valence-corrected chi connectivity index (χ4v) is 2.32. The zero-order valence-electron chi connectivity index (χ0n) is 10.5. The van der Waals surface area contributed by atoms with Gasteiger partial charge in [-0.1, -0.05) is 5.16 Å². The summed E-state index contributed by atoms with van der Waals surface area (Å²) in [6, 6.07) is 0. The maximum atomic E-state index is 11.1. The molecule has 5 nitrogen and oxygen atoms in total. The summed E-state index contributed by atoms with van der Waals surface area (Å²) in [5, 5.41) is 13.1. The highest BCUT2D eigenvalue weighted by Gasteiger charge is 2.40. The van der Waals surface area contributed by atoms with Crippen molar-refractivity contribution in [2.24, 2.45) is 5.41 Å². The maximum Gasteiger partial charge on any atom is 0.310 e. The van der Waals surface area contributed by atoms with Crippen molar-refractivity contribution in [3.8, 4) is 0 Å². The van der Waals surface area contributed by atoms with Gasteiger partial charge in [0.15, 0.2) is 0 Å². The molecule has 0 saturated carbocycles. The van der Waals surface area contributed by atoms with E-state index < -0.39 is 11.4 Å². The lowest BCUT2D eigenvalue weighted by Crippen LogP contribution is -2.31. The van der Waals surface area contributed by atoms with E-state index in [2.05, 4.69) is 10.1 Å². The Hall–Kier alpha value is -1.36. The minimum atomic E-state index is -0.709. The van der Waals surface area contributed by atoms with Crippen LogP contribution in [0, 0.1) is 19.3 Å². The molecule has 1 N–H and O–H groups in total. The molecule has 17 heavy (non-hydrogen) atoms. The Morgan fingerprint density at radius 1 is 1.59 bits per heavy atom. The Balaban J connectivity index is 2.06. The zero-order valence-corrected chi connectivity index (χ0v) is 10.5. The Morgan fingerprint density at radius 3 is 2.76 bits per heavy atom. The number of carbonyl (C=O) groups is 1. The highest BCUT2D eigenvalue weighted by Crippen LogP contribution is 2.31. The molecular weight excluding hydrogens is 220 g/mol. The molecule has 1 aliphatic heterocycles. The lowest BCUT2D eigenvalue weighted by molar-refractivity contribution is -0.147. The van der Waals surface area contributed by atoms with Crippen molar-refractivity contribution >= 4 is 5.97 Å². The van der Waals surface area contributed by atoms with E-state index in [9.17, 15) is 4.79 Å². The maximum absolute atomic E-state index is 11.1. The highest BCUT2D eigenvalue weighted by molar-refractivity contribution is 5.74. The van der Waals surface area contributed by atoms with E-state index in [4.69, 9.17) is 9.63 Å². The van der Waals surface area contributed by atoms with E-state index in [0.717, 1.165) is 30.1 Å². The van der Waals surface area contributed by atoms with Crippen LogP contribution < -0.4 is 0 Å². The second-order valence-corrected chi connectivity index (χ2v) is 5.13. The van der Waals surface area contributed by atoms with Crippen LogP contribution in [-0.2, 0) is 11.3 Å². The second-order valence-electron chi connectivity index (χ2n) is 5.13. The molecule has 1 saturated heterocycles. The summed E-state index contributed by atoms with van der Waals surface area (Å²) in [5.74, 6) is 0.116. The molecule has 1 unspecified atom stereocenters. The van der Waals surface area contributed by atoms with Gasteiger partial charge in [-0.25, -0.2) is 0 Å². The second kappa shape index (κ2) is 4.14. The van der Waals surface area contributed by atoms with E-state index in [1.807, 2.05) is 20.8 Å². The SMILES string of the molecule is Cc1noc(C)c1CN1CCC(C)(C(=O)O)C1. The summed E-state index contributed by atoms with van der Waals surface area (Å²) in [4.78, 5) is 13.3. The van der Waals surface area contributed by atoms with Crippen LogP contribution in [0.1, 0.15) is 30.4 Å². The molecule has 1 atom stereocenters. The average Bonchev–Trinajstić information content (AvgIpc) is 2.78. The van der Waals surface area contributed by atoms with Crippen molar-refractivity contribution in [2.45, 2.75) is 33.7 Å². The number of hydrogen-bond acceptors (Lipinski definition) is 4. The summed E-state index contributed by atoms with van der Waals surface area (Å²) < 4.78 is 5.11. The molecular formula is C12H18N2O3. The molecule has 94 valence electrons. The number of likely N-dealkylation sites (tertiary alicyclic amines) is 1. The van der Waals surface area contributed by atoms with Gasteiger partial charge < -0.3 is 9.63 Å². The van der Waals surface area contributed by atoms with E-state index in [1.165, 1.54) is 0 Å². The molecule has 0 amide bonds. The molecule has 1 aromatic rings. The molecule has 2 heterocycles. The number of aromatic nitrogens is 1. The van der Waals surface area contributed by atoms with Gasteiger partial charge in [0, 0.05) is 18.7 Å². The minimum absolute atomic E-state index is 0.590. The standard InChI is InChI=1S/C12H18N2O3/c1-8-10(9(2)17-13-8)6-14-5-4-12(3,7-14)11(15)16/h4-7H2,1-3H3,(H,15,16). The van der Waals surface area contributed by atoms with Crippen molar-refractivity contribution in [1.29, 1.82) is 0 Å². The third-order valence-electron chi connectivity index (χ3n) is 3.63.